The largest absolute Gasteiger partial charge is 0.391 e. The Bertz CT molecular complexity index is 363. The van der Waals surface area contributed by atoms with Crippen molar-refractivity contribution in [3.05, 3.63) is 17.0 Å². The zero-order valence-electron chi connectivity index (χ0n) is 9.52. The van der Waals surface area contributed by atoms with Crippen molar-refractivity contribution in [3.8, 4) is 0 Å². The van der Waals surface area contributed by atoms with E-state index in [2.05, 4.69) is 14.9 Å². The van der Waals surface area contributed by atoms with Crippen LogP contribution in [0.25, 0.3) is 0 Å². The van der Waals surface area contributed by atoms with Crippen LogP contribution in [0.3, 0.4) is 0 Å². The van der Waals surface area contributed by atoms with Gasteiger partial charge in [-0.15, -0.1) is 0 Å². The maximum Gasteiger partial charge on any atom is 0.134 e. The highest BCUT2D eigenvalue weighted by molar-refractivity contribution is 6.29. The van der Waals surface area contributed by atoms with E-state index in [1.807, 2.05) is 13.8 Å². The first-order valence-electron chi connectivity index (χ1n) is 5.54. The van der Waals surface area contributed by atoms with Gasteiger partial charge in [-0.2, -0.15) is 0 Å². The Kier molecular flexibility index (Phi) is 3.30. The van der Waals surface area contributed by atoms with Crippen LogP contribution in [-0.4, -0.2) is 33.8 Å². The van der Waals surface area contributed by atoms with Gasteiger partial charge >= 0.3 is 0 Å². The predicted octanol–water partition coefficient (Wildman–Crippen LogP) is 1.79. The lowest BCUT2D eigenvalue weighted by molar-refractivity contribution is 0.164. The molecule has 1 saturated heterocycles. The quantitative estimate of drug-likeness (QED) is 0.802. The van der Waals surface area contributed by atoms with E-state index in [9.17, 15) is 5.11 Å². The molecule has 1 fully saturated rings. The maximum atomic E-state index is 9.70. The second-order valence-corrected chi connectivity index (χ2v) is 4.63. The van der Waals surface area contributed by atoms with Gasteiger partial charge in [-0.3, -0.25) is 0 Å². The molecule has 16 heavy (non-hydrogen) atoms. The minimum absolute atomic E-state index is 0.144. The molecule has 5 heteroatoms. The molecule has 1 aliphatic heterocycles. The first kappa shape index (κ1) is 11.6. The van der Waals surface area contributed by atoms with Gasteiger partial charge in [0.05, 0.1) is 12.1 Å². The maximum absolute atomic E-state index is 9.70. The van der Waals surface area contributed by atoms with Crippen LogP contribution < -0.4 is 4.90 Å². The van der Waals surface area contributed by atoms with Gasteiger partial charge in [0.2, 0.25) is 0 Å². The number of nitrogens with zero attached hydrogens (tertiary/aromatic N) is 3. The van der Waals surface area contributed by atoms with Crippen LogP contribution in [0.15, 0.2) is 6.07 Å². The summed E-state index contributed by atoms with van der Waals surface area (Å²) >= 11 is 5.92. The molecule has 0 aromatic carbocycles. The highest BCUT2D eigenvalue weighted by atomic mass is 35.5. The van der Waals surface area contributed by atoms with E-state index < -0.39 is 0 Å². The number of anilines is 1. The lowest BCUT2D eigenvalue weighted by atomic mass is 10.1. The van der Waals surface area contributed by atoms with E-state index in [0.717, 1.165) is 25.2 Å². The van der Waals surface area contributed by atoms with Crippen molar-refractivity contribution >= 4 is 17.4 Å². The third-order valence-electron chi connectivity index (χ3n) is 2.94. The SMILES string of the molecule is Cc1nc(Cl)cc(N2CCC[C@@H]2[C@@H](C)O)n1. The molecule has 0 bridgehead atoms. The molecule has 2 heterocycles. The standard InChI is InChI=1S/C11H16ClN3O/c1-7(16)9-4-3-5-15(9)11-6-10(12)13-8(2)14-11/h6-7,9,16H,3-5H2,1-2H3/t7-,9-/m1/s1. The van der Waals surface area contributed by atoms with Crippen LogP contribution in [0, 0.1) is 6.92 Å². The van der Waals surface area contributed by atoms with E-state index in [1.54, 1.807) is 6.07 Å². The van der Waals surface area contributed by atoms with Crippen molar-refractivity contribution < 1.29 is 5.11 Å². The molecular weight excluding hydrogens is 226 g/mol. The number of aliphatic hydroxyl groups excluding tert-OH is 1. The van der Waals surface area contributed by atoms with Gasteiger partial charge in [0.25, 0.3) is 0 Å². The van der Waals surface area contributed by atoms with Crippen LogP contribution in [0.1, 0.15) is 25.6 Å². The number of hydrogen-bond acceptors (Lipinski definition) is 4. The molecule has 4 nitrogen and oxygen atoms in total. The number of aliphatic hydroxyl groups is 1. The van der Waals surface area contributed by atoms with Crippen molar-refractivity contribution in [2.24, 2.45) is 0 Å². The van der Waals surface area contributed by atoms with Crippen molar-refractivity contribution in [3.63, 3.8) is 0 Å². The summed E-state index contributed by atoms with van der Waals surface area (Å²) < 4.78 is 0. The molecule has 1 aromatic heterocycles. The topological polar surface area (TPSA) is 49.2 Å². The molecule has 0 spiro atoms. The summed E-state index contributed by atoms with van der Waals surface area (Å²) in [6.45, 7) is 4.56. The lowest BCUT2D eigenvalue weighted by Gasteiger charge is -2.27. The Morgan fingerprint density at radius 3 is 2.94 bits per heavy atom. The van der Waals surface area contributed by atoms with E-state index in [0.29, 0.717) is 11.0 Å². The van der Waals surface area contributed by atoms with Gasteiger partial charge in [0.1, 0.15) is 16.8 Å². The zero-order valence-corrected chi connectivity index (χ0v) is 10.3. The van der Waals surface area contributed by atoms with Crippen LogP contribution in [0.2, 0.25) is 5.15 Å². The summed E-state index contributed by atoms with van der Waals surface area (Å²) in [6, 6.07) is 1.90. The first-order chi connectivity index (χ1) is 7.58. The second kappa shape index (κ2) is 4.55. The van der Waals surface area contributed by atoms with Crippen molar-refractivity contribution in [2.75, 3.05) is 11.4 Å². The Morgan fingerprint density at radius 1 is 1.56 bits per heavy atom. The number of aryl methyl sites for hydroxylation is 1. The van der Waals surface area contributed by atoms with Crippen molar-refractivity contribution in [1.82, 2.24) is 9.97 Å². The summed E-state index contributed by atoms with van der Waals surface area (Å²) in [5, 5.41) is 10.2. The zero-order chi connectivity index (χ0) is 11.7. The molecule has 0 amide bonds. The molecule has 0 unspecified atom stereocenters. The Balaban J connectivity index is 2.29. The lowest BCUT2D eigenvalue weighted by Crippen LogP contribution is -2.38. The van der Waals surface area contributed by atoms with Crippen molar-refractivity contribution in [1.29, 1.82) is 0 Å². The summed E-state index contributed by atoms with van der Waals surface area (Å²) in [7, 11) is 0. The van der Waals surface area contributed by atoms with Gasteiger partial charge in [-0.05, 0) is 26.7 Å². The summed E-state index contributed by atoms with van der Waals surface area (Å²) in [4.78, 5) is 10.5. The minimum Gasteiger partial charge on any atom is -0.391 e. The van der Waals surface area contributed by atoms with Crippen LogP contribution >= 0.6 is 11.6 Å². The average Bonchev–Trinajstić information content (AvgIpc) is 2.63. The van der Waals surface area contributed by atoms with E-state index in [1.165, 1.54) is 0 Å². The van der Waals surface area contributed by atoms with E-state index in [-0.39, 0.29) is 12.1 Å². The molecule has 2 rings (SSSR count). The highest BCUT2D eigenvalue weighted by Gasteiger charge is 2.29. The minimum atomic E-state index is -0.350. The monoisotopic (exact) mass is 241 g/mol. The fraction of sp³-hybridized carbons (Fsp3) is 0.636. The summed E-state index contributed by atoms with van der Waals surface area (Å²) in [5.41, 5.74) is 0. The number of hydrogen-bond donors (Lipinski definition) is 1. The van der Waals surface area contributed by atoms with Gasteiger partial charge in [0.15, 0.2) is 0 Å². The predicted molar refractivity (Wildman–Crippen MR) is 63.8 cm³/mol. The Hall–Kier alpha value is -0.870. The van der Waals surface area contributed by atoms with E-state index in [4.69, 9.17) is 11.6 Å². The third-order valence-corrected chi connectivity index (χ3v) is 3.14. The van der Waals surface area contributed by atoms with Crippen LogP contribution in [0.4, 0.5) is 5.82 Å². The average molecular weight is 242 g/mol. The van der Waals surface area contributed by atoms with Crippen molar-refractivity contribution in [2.45, 2.75) is 38.8 Å². The first-order valence-corrected chi connectivity index (χ1v) is 5.91. The molecule has 1 N–H and O–H groups in total. The van der Waals surface area contributed by atoms with Gasteiger partial charge in [-0.25, -0.2) is 9.97 Å². The smallest absolute Gasteiger partial charge is 0.134 e. The van der Waals surface area contributed by atoms with Gasteiger partial charge in [0, 0.05) is 12.6 Å². The van der Waals surface area contributed by atoms with E-state index >= 15 is 0 Å². The number of rotatable bonds is 2. The summed E-state index contributed by atoms with van der Waals surface area (Å²) in [6.07, 6.45) is 1.73. The molecule has 1 aliphatic rings. The molecule has 1 aromatic rings. The molecule has 0 radical (unpaired) electrons. The molecular formula is C11H16ClN3O. The van der Waals surface area contributed by atoms with Crippen LogP contribution in [-0.2, 0) is 0 Å². The molecule has 0 aliphatic carbocycles. The number of aromatic nitrogens is 2. The molecule has 2 atom stereocenters. The Morgan fingerprint density at radius 2 is 2.31 bits per heavy atom. The normalized spacial score (nSPS) is 22.5. The second-order valence-electron chi connectivity index (χ2n) is 4.24. The van der Waals surface area contributed by atoms with Gasteiger partial charge in [-0.1, -0.05) is 11.6 Å². The summed E-state index contributed by atoms with van der Waals surface area (Å²) in [5.74, 6) is 1.49. The third kappa shape index (κ3) is 2.28. The molecule has 88 valence electrons. The fourth-order valence-electron chi connectivity index (χ4n) is 2.24. The number of halogens is 1. The molecule has 0 saturated carbocycles. The van der Waals surface area contributed by atoms with Crippen LogP contribution in [0.5, 0.6) is 0 Å². The van der Waals surface area contributed by atoms with Gasteiger partial charge < -0.3 is 10.0 Å². The fourth-order valence-corrected chi connectivity index (χ4v) is 2.46. The Labute approximate surface area is 100 Å². The highest BCUT2D eigenvalue weighted by Crippen LogP contribution is 2.27.